The second-order valence-corrected chi connectivity index (χ2v) is 8.49. The summed E-state index contributed by atoms with van der Waals surface area (Å²) in [5.74, 6) is -0.00322. The normalized spacial score (nSPS) is 19.1. The van der Waals surface area contributed by atoms with Crippen LogP contribution in [0.5, 0.6) is 0 Å². The Bertz CT molecular complexity index is 539. The number of rotatable bonds is 2. The van der Waals surface area contributed by atoms with Gasteiger partial charge in [-0.05, 0) is 40.9 Å². The van der Waals surface area contributed by atoms with Crippen LogP contribution in [0, 0.1) is 17.2 Å². The van der Waals surface area contributed by atoms with Gasteiger partial charge in [-0.3, -0.25) is 0 Å². The molecule has 0 N–H and O–H groups in total. The molecule has 0 atom stereocenters. The van der Waals surface area contributed by atoms with Gasteiger partial charge in [-0.15, -0.1) is 11.3 Å². The van der Waals surface area contributed by atoms with E-state index in [2.05, 4.69) is 22.0 Å². The summed E-state index contributed by atoms with van der Waals surface area (Å²) in [7, 11) is -3.36. The molecule has 1 fully saturated rings. The smallest absolute Gasteiger partial charge is 0.206 e. The zero-order valence-corrected chi connectivity index (χ0v) is 12.2. The van der Waals surface area contributed by atoms with Crippen LogP contribution in [0.4, 0.5) is 0 Å². The monoisotopic (exact) mass is 334 g/mol. The van der Waals surface area contributed by atoms with E-state index in [1.54, 1.807) is 12.1 Å². The Balaban J connectivity index is 2.16. The van der Waals surface area contributed by atoms with E-state index in [0.29, 0.717) is 30.1 Å². The highest BCUT2D eigenvalue weighted by Gasteiger charge is 2.30. The third kappa shape index (κ3) is 2.71. The number of nitriles is 1. The van der Waals surface area contributed by atoms with Crippen LogP contribution in [0.1, 0.15) is 12.8 Å². The minimum atomic E-state index is -3.36. The lowest BCUT2D eigenvalue weighted by Gasteiger charge is -2.27. The second-order valence-electron chi connectivity index (χ2n) is 3.87. The van der Waals surface area contributed by atoms with Crippen molar-refractivity contribution in [3.8, 4) is 6.07 Å². The quantitative estimate of drug-likeness (QED) is 0.834. The number of hydrogen-bond donors (Lipinski definition) is 0. The first kappa shape index (κ1) is 13.0. The predicted molar refractivity (Wildman–Crippen MR) is 69.1 cm³/mol. The first-order valence-corrected chi connectivity index (χ1v) is 8.24. The molecule has 2 heterocycles. The van der Waals surface area contributed by atoms with Crippen LogP contribution in [0.3, 0.4) is 0 Å². The highest BCUT2D eigenvalue weighted by atomic mass is 79.9. The fourth-order valence-electron chi connectivity index (χ4n) is 1.79. The summed E-state index contributed by atoms with van der Waals surface area (Å²) >= 11 is 4.48. The summed E-state index contributed by atoms with van der Waals surface area (Å²) in [5, 5.41) is 8.78. The molecule has 2 rings (SSSR count). The minimum Gasteiger partial charge on any atom is -0.206 e. The molecule has 0 aliphatic carbocycles. The van der Waals surface area contributed by atoms with E-state index in [9.17, 15) is 8.42 Å². The zero-order chi connectivity index (χ0) is 12.5. The largest absolute Gasteiger partial charge is 0.252 e. The molecule has 0 saturated carbocycles. The molecule has 1 aromatic heterocycles. The van der Waals surface area contributed by atoms with Gasteiger partial charge in [0.1, 0.15) is 4.21 Å². The molecule has 1 aliphatic rings. The van der Waals surface area contributed by atoms with Crippen LogP contribution in [-0.2, 0) is 10.0 Å². The van der Waals surface area contributed by atoms with Crippen LogP contribution < -0.4 is 0 Å². The Morgan fingerprint density at radius 1 is 1.41 bits per heavy atom. The molecule has 1 saturated heterocycles. The van der Waals surface area contributed by atoms with Crippen molar-refractivity contribution in [2.24, 2.45) is 5.92 Å². The Kier molecular flexibility index (Phi) is 3.88. The predicted octanol–water partition coefficient (Wildman–Crippen LogP) is 2.43. The van der Waals surface area contributed by atoms with Crippen molar-refractivity contribution >= 4 is 37.3 Å². The van der Waals surface area contributed by atoms with Crippen molar-refractivity contribution in [2.75, 3.05) is 13.1 Å². The Labute approximate surface area is 113 Å². The summed E-state index contributed by atoms with van der Waals surface area (Å²) in [6.07, 6.45) is 1.25. The maximum Gasteiger partial charge on any atom is 0.252 e. The molecule has 0 spiro atoms. The average Bonchev–Trinajstić information content (AvgIpc) is 2.77. The summed E-state index contributed by atoms with van der Waals surface area (Å²) in [5.41, 5.74) is 0. The molecule has 92 valence electrons. The van der Waals surface area contributed by atoms with Crippen molar-refractivity contribution in [3.05, 3.63) is 15.9 Å². The van der Waals surface area contributed by atoms with Gasteiger partial charge in [0.05, 0.1) is 9.86 Å². The average molecular weight is 335 g/mol. The first-order valence-electron chi connectivity index (χ1n) is 5.19. The third-order valence-electron chi connectivity index (χ3n) is 2.78. The van der Waals surface area contributed by atoms with Gasteiger partial charge < -0.3 is 0 Å². The van der Waals surface area contributed by atoms with Gasteiger partial charge in [-0.2, -0.15) is 9.57 Å². The lowest BCUT2D eigenvalue weighted by molar-refractivity contribution is 0.310. The van der Waals surface area contributed by atoms with E-state index in [4.69, 9.17) is 5.26 Å². The van der Waals surface area contributed by atoms with Gasteiger partial charge in [-0.1, -0.05) is 0 Å². The number of sulfonamides is 1. The van der Waals surface area contributed by atoms with Crippen LogP contribution in [0.2, 0.25) is 0 Å². The Morgan fingerprint density at radius 2 is 2.06 bits per heavy atom. The molecule has 1 aromatic rings. The van der Waals surface area contributed by atoms with Crippen LogP contribution >= 0.6 is 27.3 Å². The van der Waals surface area contributed by atoms with Crippen LogP contribution in [0.25, 0.3) is 0 Å². The number of halogens is 1. The third-order valence-corrected chi connectivity index (χ3v) is 6.77. The van der Waals surface area contributed by atoms with E-state index in [1.807, 2.05) is 0 Å². The molecule has 17 heavy (non-hydrogen) atoms. The maximum atomic E-state index is 12.2. The topological polar surface area (TPSA) is 61.2 Å². The molecule has 0 radical (unpaired) electrons. The van der Waals surface area contributed by atoms with Crippen molar-refractivity contribution < 1.29 is 8.42 Å². The standard InChI is InChI=1S/C10H11BrN2O2S2/c11-9-1-2-10(16-9)17(14,15)13-5-3-8(7-12)4-6-13/h1-2,8H,3-6H2. The first-order chi connectivity index (χ1) is 8.04. The highest BCUT2D eigenvalue weighted by molar-refractivity contribution is 9.11. The van der Waals surface area contributed by atoms with Gasteiger partial charge in [0.15, 0.2) is 0 Å². The number of thiophene rings is 1. The number of hydrogen-bond acceptors (Lipinski definition) is 4. The molecular formula is C10H11BrN2O2S2. The molecule has 1 aliphatic heterocycles. The van der Waals surface area contributed by atoms with E-state index in [1.165, 1.54) is 15.6 Å². The molecule has 0 aromatic carbocycles. The van der Waals surface area contributed by atoms with Crippen LogP contribution in [0.15, 0.2) is 20.1 Å². The lowest BCUT2D eigenvalue weighted by atomic mass is 10.0. The molecule has 0 amide bonds. The zero-order valence-electron chi connectivity index (χ0n) is 8.97. The van der Waals surface area contributed by atoms with E-state index in [0.717, 1.165) is 3.79 Å². The molecule has 7 heteroatoms. The fourth-order valence-corrected chi connectivity index (χ4v) is 5.42. The second kappa shape index (κ2) is 5.06. The molecular weight excluding hydrogens is 324 g/mol. The summed E-state index contributed by atoms with van der Waals surface area (Å²) in [6, 6.07) is 5.54. The maximum absolute atomic E-state index is 12.2. The van der Waals surface area contributed by atoms with E-state index in [-0.39, 0.29) is 5.92 Å². The molecule has 0 unspecified atom stereocenters. The Morgan fingerprint density at radius 3 is 2.53 bits per heavy atom. The SMILES string of the molecule is N#CC1CCN(S(=O)(=O)c2ccc(Br)s2)CC1. The lowest BCUT2D eigenvalue weighted by Crippen LogP contribution is -2.37. The number of piperidine rings is 1. The van der Waals surface area contributed by atoms with E-state index < -0.39 is 10.0 Å². The fraction of sp³-hybridized carbons (Fsp3) is 0.500. The molecule has 4 nitrogen and oxygen atoms in total. The summed E-state index contributed by atoms with van der Waals surface area (Å²) in [6.45, 7) is 0.881. The summed E-state index contributed by atoms with van der Waals surface area (Å²) in [4.78, 5) is 0. The van der Waals surface area contributed by atoms with Crippen molar-refractivity contribution in [1.82, 2.24) is 4.31 Å². The van der Waals surface area contributed by atoms with Gasteiger partial charge in [-0.25, -0.2) is 8.42 Å². The number of nitrogens with zero attached hydrogens (tertiary/aromatic N) is 2. The molecule has 0 bridgehead atoms. The van der Waals surface area contributed by atoms with Crippen molar-refractivity contribution in [1.29, 1.82) is 5.26 Å². The van der Waals surface area contributed by atoms with Gasteiger partial charge in [0.2, 0.25) is 0 Å². The van der Waals surface area contributed by atoms with Gasteiger partial charge >= 0.3 is 0 Å². The van der Waals surface area contributed by atoms with Crippen LogP contribution in [-0.4, -0.2) is 25.8 Å². The van der Waals surface area contributed by atoms with Gasteiger partial charge in [0, 0.05) is 19.0 Å². The van der Waals surface area contributed by atoms with Crippen molar-refractivity contribution in [3.63, 3.8) is 0 Å². The minimum absolute atomic E-state index is 0.00322. The summed E-state index contributed by atoms with van der Waals surface area (Å²) < 4.78 is 27.1. The Hall–Kier alpha value is -0.420. The van der Waals surface area contributed by atoms with E-state index >= 15 is 0 Å². The highest BCUT2D eigenvalue weighted by Crippen LogP contribution is 2.30. The van der Waals surface area contributed by atoms with Gasteiger partial charge in [0.25, 0.3) is 10.0 Å². The van der Waals surface area contributed by atoms with Crippen molar-refractivity contribution in [2.45, 2.75) is 17.1 Å².